The van der Waals surface area contributed by atoms with Gasteiger partial charge in [-0.15, -0.1) is 0 Å². The molecule has 0 aliphatic carbocycles. The predicted octanol–water partition coefficient (Wildman–Crippen LogP) is 2.59. The van der Waals surface area contributed by atoms with Crippen molar-refractivity contribution >= 4 is 11.8 Å². The largest absolute Gasteiger partial charge is 0.341 e. The van der Waals surface area contributed by atoms with Crippen LogP contribution in [0.4, 0.5) is 0 Å². The van der Waals surface area contributed by atoms with Crippen LogP contribution in [-0.4, -0.2) is 53.8 Å². The molecule has 3 aliphatic rings. The van der Waals surface area contributed by atoms with Gasteiger partial charge in [0.1, 0.15) is 6.04 Å². The third-order valence-electron chi connectivity index (χ3n) is 7.32. The Morgan fingerprint density at radius 2 is 1.89 bits per heavy atom. The van der Waals surface area contributed by atoms with E-state index in [1.807, 2.05) is 35.8 Å². The third kappa shape index (κ3) is 3.57. The molecule has 2 saturated heterocycles. The van der Waals surface area contributed by atoms with E-state index < -0.39 is 0 Å². The molecule has 3 heterocycles. The molecule has 2 amide bonds. The van der Waals surface area contributed by atoms with Gasteiger partial charge in [0.05, 0.1) is 0 Å². The fourth-order valence-corrected chi connectivity index (χ4v) is 5.07. The van der Waals surface area contributed by atoms with Gasteiger partial charge in [-0.25, -0.2) is 0 Å². The number of nitrogens with zero attached hydrogens (tertiary/aromatic N) is 2. The molecule has 152 valence electrons. The molecule has 5 nitrogen and oxygen atoms in total. The van der Waals surface area contributed by atoms with Crippen molar-refractivity contribution in [3.05, 3.63) is 35.4 Å². The highest BCUT2D eigenvalue weighted by atomic mass is 16.2. The summed E-state index contributed by atoms with van der Waals surface area (Å²) in [4.78, 5) is 30.5. The molecule has 5 heteroatoms. The van der Waals surface area contributed by atoms with E-state index in [1.54, 1.807) is 0 Å². The molecular formula is C23H33N3O2. The van der Waals surface area contributed by atoms with E-state index in [0.29, 0.717) is 18.4 Å². The highest BCUT2D eigenvalue weighted by molar-refractivity contribution is 5.89. The first-order valence-electron chi connectivity index (χ1n) is 10.9. The van der Waals surface area contributed by atoms with Gasteiger partial charge in [0.25, 0.3) is 0 Å². The number of benzene rings is 1. The van der Waals surface area contributed by atoms with Gasteiger partial charge in [-0.1, -0.05) is 38.1 Å². The van der Waals surface area contributed by atoms with Crippen LogP contribution >= 0.6 is 0 Å². The van der Waals surface area contributed by atoms with E-state index in [9.17, 15) is 9.59 Å². The lowest BCUT2D eigenvalue weighted by molar-refractivity contribution is -0.150. The number of piperidine rings is 1. The summed E-state index contributed by atoms with van der Waals surface area (Å²) in [5.41, 5.74) is 2.78. The Hall–Kier alpha value is -1.88. The molecule has 0 aromatic heterocycles. The molecule has 3 aliphatic heterocycles. The lowest BCUT2D eigenvalue weighted by Gasteiger charge is -2.43. The van der Waals surface area contributed by atoms with Crippen molar-refractivity contribution in [2.45, 2.75) is 58.5 Å². The van der Waals surface area contributed by atoms with Crippen molar-refractivity contribution in [2.24, 2.45) is 11.3 Å². The van der Waals surface area contributed by atoms with Gasteiger partial charge in [-0.05, 0) is 48.8 Å². The van der Waals surface area contributed by atoms with Crippen molar-refractivity contribution in [2.75, 3.05) is 26.2 Å². The minimum absolute atomic E-state index is 0.0465. The van der Waals surface area contributed by atoms with Gasteiger partial charge in [0.15, 0.2) is 0 Å². The van der Waals surface area contributed by atoms with E-state index in [1.165, 1.54) is 17.5 Å². The second-order valence-electron chi connectivity index (χ2n) is 9.02. The lowest BCUT2D eigenvalue weighted by Crippen LogP contribution is -2.56. The zero-order valence-corrected chi connectivity index (χ0v) is 17.2. The molecule has 2 fully saturated rings. The molecule has 1 aromatic rings. The summed E-state index contributed by atoms with van der Waals surface area (Å²) in [6.45, 7) is 8.40. The van der Waals surface area contributed by atoms with Gasteiger partial charge in [-0.2, -0.15) is 0 Å². The molecule has 1 spiro atoms. The van der Waals surface area contributed by atoms with Gasteiger partial charge < -0.3 is 15.1 Å². The average Bonchev–Trinajstić information content (AvgIpc) is 3.19. The van der Waals surface area contributed by atoms with Gasteiger partial charge in [-0.3, -0.25) is 9.59 Å². The predicted molar refractivity (Wildman–Crippen MR) is 110 cm³/mol. The van der Waals surface area contributed by atoms with E-state index in [4.69, 9.17) is 0 Å². The van der Waals surface area contributed by atoms with Crippen molar-refractivity contribution in [1.29, 1.82) is 0 Å². The third-order valence-corrected chi connectivity index (χ3v) is 7.32. The fraction of sp³-hybridized carbons (Fsp3) is 0.652. The topological polar surface area (TPSA) is 52.7 Å². The Balaban J connectivity index is 1.53. The summed E-state index contributed by atoms with van der Waals surface area (Å²) in [7, 11) is 0. The summed E-state index contributed by atoms with van der Waals surface area (Å²) >= 11 is 0. The molecule has 28 heavy (non-hydrogen) atoms. The van der Waals surface area contributed by atoms with Crippen LogP contribution in [0, 0.1) is 11.3 Å². The van der Waals surface area contributed by atoms with Crippen LogP contribution < -0.4 is 5.32 Å². The van der Waals surface area contributed by atoms with E-state index in [-0.39, 0.29) is 23.8 Å². The smallest absolute Gasteiger partial charge is 0.245 e. The fourth-order valence-electron chi connectivity index (χ4n) is 5.07. The van der Waals surface area contributed by atoms with Gasteiger partial charge in [0.2, 0.25) is 11.8 Å². The minimum atomic E-state index is -0.354. The second-order valence-corrected chi connectivity index (χ2v) is 9.02. The molecular weight excluding hydrogens is 350 g/mol. The number of hydrogen-bond acceptors (Lipinski definition) is 3. The second kappa shape index (κ2) is 7.86. The molecule has 4 rings (SSSR count). The monoisotopic (exact) mass is 383 g/mol. The SMILES string of the molecule is CCC(C)C(=O)N1Cc2ccccc2CC1C(=O)N1CCC2(CCNC2)CC1. The van der Waals surface area contributed by atoms with Crippen molar-refractivity contribution in [3.63, 3.8) is 0 Å². The normalized spacial score (nSPS) is 24.9. The van der Waals surface area contributed by atoms with Crippen molar-refractivity contribution in [3.8, 4) is 0 Å². The van der Waals surface area contributed by atoms with Crippen LogP contribution in [0.15, 0.2) is 24.3 Å². The van der Waals surface area contributed by atoms with Crippen LogP contribution in [0.2, 0.25) is 0 Å². The number of carbonyl (C=O) groups excluding carboxylic acids is 2. The number of rotatable bonds is 3. The summed E-state index contributed by atoms with van der Waals surface area (Å²) in [5.74, 6) is 0.213. The van der Waals surface area contributed by atoms with Crippen LogP contribution in [-0.2, 0) is 22.6 Å². The first-order chi connectivity index (χ1) is 13.5. The molecule has 0 radical (unpaired) electrons. The first-order valence-corrected chi connectivity index (χ1v) is 10.9. The van der Waals surface area contributed by atoms with Crippen molar-refractivity contribution < 1.29 is 9.59 Å². The number of fused-ring (bicyclic) bond motifs is 1. The molecule has 0 saturated carbocycles. The maximum absolute atomic E-state index is 13.5. The highest BCUT2D eigenvalue weighted by Gasteiger charge is 2.42. The molecule has 2 unspecified atom stereocenters. The summed E-state index contributed by atoms with van der Waals surface area (Å²) in [6.07, 6.45) is 4.82. The van der Waals surface area contributed by atoms with E-state index in [0.717, 1.165) is 45.4 Å². The van der Waals surface area contributed by atoms with E-state index in [2.05, 4.69) is 17.4 Å². The zero-order valence-electron chi connectivity index (χ0n) is 17.2. The Morgan fingerprint density at radius 1 is 1.18 bits per heavy atom. The number of likely N-dealkylation sites (tertiary alicyclic amines) is 1. The Kier molecular flexibility index (Phi) is 5.46. The summed E-state index contributed by atoms with van der Waals surface area (Å²) in [6, 6.07) is 7.89. The quantitative estimate of drug-likeness (QED) is 0.873. The first kappa shape index (κ1) is 19.4. The van der Waals surface area contributed by atoms with E-state index >= 15 is 0 Å². The van der Waals surface area contributed by atoms with Crippen LogP contribution in [0.25, 0.3) is 0 Å². The number of nitrogens with one attached hydrogen (secondary N) is 1. The average molecular weight is 384 g/mol. The Labute approximate surface area is 168 Å². The molecule has 1 N–H and O–H groups in total. The molecule has 2 atom stereocenters. The van der Waals surface area contributed by atoms with Crippen LogP contribution in [0.5, 0.6) is 0 Å². The number of amides is 2. The Bertz CT molecular complexity index is 731. The zero-order chi connectivity index (χ0) is 19.7. The lowest BCUT2D eigenvalue weighted by atomic mass is 9.77. The minimum Gasteiger partial charge on any atom is -0.341 e. The van der Waals surface area contributed by atoms with Gasteiger partial charge in [0, 0.05) is 38.5 Å². The maximum atomic E-state index is 13.5. The standard InChI is InChI=1S/C23H33N3O2/c1-3-17(2)21(27)26-15-19-7-5-4-6-18(19)14-20(26)22(28)25-12-9-23(10-13-25)8-11-24-16-23/h4-7,17,20,24H,3,8-16H2,1-2H3. The number of hydrogen-bond donors (Lipinski definition) is 1. The highest BCUT2D eigenvalue weighted by Crippen LogP contribution is 2.37. The summed E-state index contributed by atoms with van der Waals surface area (Å²) in [5, 5.41) is 3.49. The maximum Gasteiger partial charge on any atom is 0.245 e. The number of carbonyl (C=O) groups is 2. The Morgan fingerprint density at radius 3 is 2.54 bits per heavy atom. The van der Waals surface area contributed by atoms with Crippen LogP contribution in [0.3, 0.4) is 0 Å². The van der Waals surface area contributed by atoms with Crippen molar-refractivity contribution in [1.82, 2.24) is 15.1 Å². The molecule has 1 aromatic carbocycles. The molecule has 0 bridgehead atoms. The summed E-state index contributed by atoms with van der Waals surface area (Å²) < 4.78 is 0. The van der Waals surface area contributed by atoms with Gasteiger partial charge >= 0.3 is 0 Å². The van der Waals surface area contributed by atoms with Crippen LogP contribution in [0.1, 0.15) is 50.7 Å².